The van der Waals surface area contributed by atoms with Crippen LogP contribution >= 0.6 is 11.6 Å². The molecule has 8 atom stereocenters. The first-order valence-electron chi connectivity index (χ1n) is 22.0. The number of anilines is 1. The Bertz CT molecular complexity index is 1970. The van der Waals surface area contributed by atoms with Crippen LogP contribution in [-0.2, 0) is 26.3 Å². The average molecular weight is 837 g/mol. The Morgan fingerprint density at radius 1 is 1.02 bits per heavy atom. The van der Waals surface area contributed by atoms with Gasteiger partial charge in [0.25, 0.3) is 5.91 Å². The number of hydrogen-bond donors (Lipinski definition) is 1. The van der Waals surface area contributed by atoms with Crippen LogP contribution in [-0.4, -0.2) is 119 Å². The highest BCUT2D eigenvalue weighted by Gasteiger charge is 2.45. The molecule has 2 amide bonds. The number of carbonyl (C=O) groups excluding carboxylic acids is 2. The van der Waals surface area contributed by atoms with Gasteiger partial charge in [0.1, 0.15) is 11.4 Å². The van der Waals surface area contributed by atoms with Crippen molar-refractivity contribution >= 4 is 44.9 Å². The first-order chi connectivity index (χ1) is 27.6. The minimum atomic E-state index is -2.92. The van der Waals surface area contributed by atoms with Gasteiger partial charge in [-0.15, -0.1) is 0 Å². The van der Waals surface area contributed by atoms with E-state index in [0.717, 1.165) is 101 Å². The standard InChI is InChI=1S/C46H66ClN5O5S/c1-31-9-7-10-35(25-49-19-20-50-21-22-51(28-38(50)27-49)44(54)57-45(3,4)5)39-15-12-36(39)26-52-29-46(18-8-11-33-23-37(47)14-16-40(33)46)30-56-42-17-13-34(24-41(42)52)43(53)48-58(6,55)32(31)2/h13-14,16-17,23-24,31-32,35-36,38-39H,6-12,15,18-22,25-30H2,1-5H3,(H,48,53,55)/t31-,32+,35-,36-,38-,39-,46-,58?/m0/s1. The van der Waals surface area contributed by atoms with Gasteiger partial charge in [-0.2, -0.15) is 0 Å². The summed E-state index contributed by atoms with van der Waals surface area (Å²) in [4.78, 5) is 36.7. The molecule has 0 radical (unpaired) electrons. The zero-order chi connectivity index (χ0) is 41.0. The van der Waals surface area contributed by atoms with Gasteiger partial charge < -0.3 is 24.2 Å². The normalized spacial score (nSPS) is 33.7. The third kappa shape index (κ3) is 8.75. The highest BCUT2D eigenvalue weighted by molar-refractivity contribution is 7.99. The van der Waals surface area contributed by atoms with E-state index < -0.39 is 15.3 Å². The summed E-state index contributed by atoms with van der Waals surface area (Å²) in [5.74, 6) is 6.32. The maximum Gasteiger partial charge on any atom is 0.410 e. The fourth-order valence-corrected chi connectivity index (χ4v) is 12.8. The maximum absolute atomic E-state index is 14.1. The quantitative estimate of drug-likeness (QED) is 0.316. The van der Waals surface area contributed by atoms with Crippen molar-refractivity contribution in [1.82, 2.24) is 19.4 Å². The van der Waals surface area contributed by atoms with E-state index in [1.807, 2.05) is 56.9 Å². The number of nitrogens with one attached hydrogen (secondary N) is 1. The van der Waals surface area contributed by atoms with Crippen molar-refractivity contribution in [3.8, 4) is 5.75 Å². The fourth-order valence-electron chi connectivity index (χ4n) is 11.1. The first kappa shape index (κ1) is 41.7. The zero-order valence-electron chi connectivity index (χ0n) is 35.5. The van der Waals surface area contributed by atoms with Crippen molar-refractivity contribution < 1.29 is 23.3 Å². The van der Waals surface area contributed by atoms with Crippen molar-refractivity contribution in [2.24, 2.45) is 23.7 Å². The Morgan fingerprint density at radius 2 is 1.83 bits per heavy atom. The van der Waals surface area contributed by atoms with E-state index in [2.05, 4.69) is 44.3 Å². The summed E-state index contributed by atoms with van der Waals surface area (Å²) in [5, 5.41) is 0.501. The third-order valence-electron chi connectivity index (χ3n) is 14.7. The second-order valence-electron chi connectivity index (χ2n) is 19.7. The molecule has 3 fully saturated rings. The predicted molar refractivity (Wildman–Crippen MR) is 235 cm³/mol. The molecule has 2 aromatic rings. The average Bonchev–Trinajstić information content (AvgIpc) is 3.31. The number of rotatable bonds is 2. The minimum Gasteiger partial charge on any atom is -0.490 e. The SMILES string of the molecule is C=S1(=O)NC(=O)c2ccc3c(c2)N(C[C@@H]2CC[C@H]2[C@H](CN2CCN4CCN(C(=O)OC(C)(C)C)C[C@@H]4C2)CCC[C@H](C)[C@H]1C)C[C@@]1(CCCc2cc(Cl)ccc21)CO3. The molecule has 1 saturated carbocycles. The van der Waals surface area contributed by atoms with Crippen molar-refractivity contribution in [3.63, 3.8) is 0 Å². The molecule has 12 heteroatoms. The molecule has 2 aliphatic carbocycles. The minimum absolute atomic E-state index is 0.140. The van der Waals surface area contributed by atoms with E-state index in [1.54, 1.807) is 0 Å². The van der Waals surface area contributed by atoms with Gasteiger partial charge in [-0.3, -0.25) is 14.4 Å². The van der Waals surface area contributed by atoms with Crippen LogP contribution in [0.2, 0.25) is 5.02 Å². The molecule has 10 nitrogen and oxygen atoms in total. The third-order valence-corrected chi connectivity index (χ3v) is 17.1. The highest BCUT2D eigenvalue weighted by atomic mass is 35.5. The second kappa shape index (κ2) is 16.5. The van der Waals surface area contributed by atoms with Crippen molar-refractivity contribution in [3.05, 3.63) is 58.1 Å². The molecule has 2 aromatic carbocycles. The van der Waals surface area contributed by atoms with Gasteiger partial charge in [-0.25, -0.2) is 9.00 Å². The largest absolute Gasteiger partial charge is 0.490 e. The van der Waals surface area contributed by atoms with Crippen LogP contribution < -0.4 is 14.4 Å². The lowest BCUT2D eigenvalue weighted by molar-refractivity contribution is -0.0225. The van der Waals surface area contributed by atoms with E-state index >= 15 is 0 Å². The number of fused-ring (bicyclic) bond motifs is 5. The maximum atomic E-state index is 14.1. The molecule has 4 heterocycles. The van der Waals surface area contributed by atoms with E-state index in [0.29, 0.717) is 49.1 Å². The van der Waals surface area contributed by atoms with Crippen LogP contribution in [0.15, 0.2) is 36.4 Å². The van der Waals surface area contributed by atoms with Crippen LogP contribution in [0.4, 0.5) is 10.5 Å². The summed E-state index contributed by atoms with van der Waals surface area (Å²) in [6.45, 7) is 18.6. The van der Waals surface area contributed by atoms with Crippen molar-refractivity contribution in [1.29, 1.82) is 0 Å². The second-order valence-corrected chi connectivity index (χ2v) is 22.5. The number of amides is 2. The molecule has 2 bridgehead atoms. The van der Waals surface area contributed by atoms with Crippen LogP contribution in [0.5, 0.6) is 5.75 Å². The number of piperazine rings is 2. The van der Waals surface area contributed by atoms with E-state index in [9.17, 15) is 13.8 Å². The van der Waals surface area contributed by atoms with Gasteiger partial charge in [-0.1, -0.05) is 31.0 Å². The molecule has 318 valence electrons. The van der Waals surface area contributed by atoms with Crippen molar-refractivity contribution in [2.45, 2.75) is 108 Å². The number of hydrogen-bond acceptors (Lipinski definition) is 8. The Kier molecular flexibility index (Phi) is 11.8. The molecule has 0 aromatic heterocycles. The lowest BCUT2D eigenvalue weighted by Crippen LogP contribution is -2.63. The molecule has 1 N–H and O–H groups in total. The summed E-state index contributed by atoms with van der Waals surface area (Å²) in [7, 11) is -2.92. The molecule has 4 aliphatic heterocycles. The van der Waals surface area contributed by atoms with E-state index in [1.165, 1.54) is 24.0 Å². The number of carbonyl (C=O) groups is 2. The predicted octanol–water partition coefficient (Wildman–Crippen LogP) is 7.26. The lowest BCUT2D eigenvalue weighted by atomic mass is 9.65. The smallest absolute Gasteiger partial charge is 0.410 e. The summed E-state index contributed by atoms with van der Waals surface area (Å²) in [5.41, 5.74) is 3.35. The molecule has 1 unspecified atom stereocenters. The Morgan fingerprint density at radius 3 is 2.60 bits per heavy atom. The van der Waals surface area contributed by atoms with E-state index in [-0.39, 0.29) is 28.6 Å². The number of aryl methyl sites for hydroxylation is 1. The van der Waals surface area contributed by atoms with Gasteiger partial charge in [-0.05, 0) is 144 Å². The van der Waals surface area contributed by atoms with Crippen LogP contribution in [0.3, 0.4) is 0 Å². The number of benzene rings is 2. The summed E-state index contributed by atoms with van der Waals surface area (Å²) < 4.78 is 29.5. The van der Waals surface area contributed by atoms with Gasteiger partial charge in [0.05, 0.1) is 22.0 Å². The van der Waals surface area contributed by atoms with Gasteiger partial charge in [0, 0.05) is 86.2 Å². The number of halogens is 1. The molecule has 2 saturated heterocycles. The Balaban J connectivity index is 1.08. The molecule has 1 spiro atoms. The molecule has 6 aliphatic rings. The number of nitrogens with zero attached hydrogens (tertiary/aromatic N) is 4. The molecular formula is C46H66ClN5O5S. The monoisotopic (exact) mass is 835 g/mol. The van der Waals surface area contributed by atoms with Gasteiger partial charge in [0.2, 0.25) is 0 Å². The van der Waals surface area contributed by atoms with Gasteiger partial charge in [0.15, 0.2) is 0 Å². The summed E-state index contributed by atoms with van der Waals surface area (Å²) in [6.07, 6.45) is 8.39. The Hall–Kier alpha value is -2.99. The fraction of sp³-hybridized carbons (Fsp3) is 0.674. The van der Waals surface area contributed by atoms with E-state index in [4.69, 9.17) is 21.1 Å². The topological polar surface area (TPSA) is 94.7 Å². The Labute approximate surface area is 352 Å². The highest BCUT2D eigenvalue weighted by Crippen LogP contribution is 2.48. The van der Waals surface area contributed by atoms with Crippen LogP contribution in [0, 0.1) is 23.7 Å². The van der Waals surface area contributed by atoms with Crippen molar-refractivity contribution in [2.75, 3.05) is 70.4 Å². The zero-order valence-corrected chi connectivity index (χ0v) is 37.1. The molecule has 8 rings (SSSR count). The van der Waals surface area contributed by atoms with Crippen LogP contribution in [0.1, 0.15) is 101 Å². The van der Waals surface area contributed by atoms with Gasteiger partial charge >= 0.3 is 6.09 Å². The molecular weight excluding hydrogens is 770 g/mol. The molecule has 58 heavy (non-hydrogen) atoms. The first-order valence-corrected chi connectivity index (χ1v) is 24.2. The lowest BCUT2D eigenvalue weighted by Gasteiger charge is -2.50. The number of ether oxygens (including phenoxy) is 2. The summed E-state index contributed by atoms with van der Waals surface area (Å²) >= 11 is 6.54. The van der Waals surface area contributed by atoms with Crippen LogP contribution in [0.25, 0.3) is 0 Å². The summed E-state index contributed by atoms with van der Waals surface area (Å²) in [6, 6.07) is 12.4.